The Morgan fingerprint density at radius 1 is 1.54 bits per heavy atom. The summed E-state index contributed by atoms with van der Waals surface area (Å²) in [6.45, 7) is 4.33. The van der Waals surface area contributed by atoms with E-state index in [1.165, 1.54) is 23.5 Å². The summed E-state index contributed by atoms with van der Waals surface area (Å²) in [5.74, 6) is 0.784. The molecular weight excluding hydrogens is 180 g/mol. The minimum absolute atomic E-state index is 0.0175. The molecule has 0 saturated heterocycles. The topological polar surface area (TPSA) is 24.9 Å². The van der Waals surface area contributed by atoms with Gasteiger partial charge in [-0.1, -0.05) is 0 Å². The second kappa shape index (κ2) is 3.07. The molecule has 0 radical (unpaired) electrons. The molecule has 0 spiro atoms. The van der Waals surface area contributed by atoms with Gasteiger partial charge < -0.3 is 5.32 Å². The Morgan fingerprint density at radius 2 is 2.23 bits per heavy atom. The Bertz CT molecular complexity index is 300. The van der Waals surface area contributed by atoms with E-state index in [4.69, 9.17) is 0 Å². The van der Waals surface area contributed by atoms with Crippen molar-refractivity contribution < 1.29 is 0 Å². The highest BCUT2D eigenvalue weighted by molar-refractivity contribution is 7.09. The van der Waals surface area contributed by atoms with Crippen LogP contribution >= 0.6 is 11.3 Å². The summed E-state index contributed by atoms with van der Waals surface area (Å²) >= 11 is 1.81. The molecule has 0 amide bonds. The maximum Gasteiger partial charge on any atom is 0.0960 e. The number of rotatable bonds is 3. The molecule has 0 aliphatic heterocycles. The highest BCUT2D eigenvalue weighted by atomic mass is 32.1. The fourth-order valence-electron chi connectivity index (χ4n) is 1.22. The lowest BCUT2D eigenvalue weighted by atomic mass is 10.0. The Hall–Kier alpha value is -0.410. The van der Waals surface area contributed by atoms with Gasteiger partial charge in [0.05, 0.1) is 16.2 Å². The van der Waals surface area contributed by atoms with E-state index in [0.717, 1.165) is 5.92 Å². The van der Waals surface area contributed by atoms with Crippen molar-refractivity contribution in [2.45, 2.75) is 38.1 Å². The molecule has 1 aliphatic carbocycles. The molecule has 1 saturated carbocycles. The zero-order chi connectivity index (χ0) is 9.47. The molecule has 1 N–H and O–H groups in total. The maximum absolute atomic E-state index is 4.67. The predicted octanol–water partition coefficient (Wildman–Crippen LogP) is 2.48. The van der Waals surface area contributed by atoms with Gasteiger partial charge in [-0.2, -0.15) is 0 Å². The van der Waals surface area contributed by atoms with Gasteiger partial charge in [-0.05, 0) is 33.7 Å². The van der Waals surface area contributed by atoms with E-state index in [0.29, 0.717) is 0 Å². The first-order valence-electron chi connectivity index (χ1n) is 4.78. The van der Waals surface area contributed by atoms with Crippen molar-refractivity contribution in [1.82, 2.24) is 10.3 Å². The number of hydrogen-bond donors (Lipinski definition) is 1. The van der Waals surface area contributed by atoms with Crippen LogP contribution < -0.4 is 5.32 Å². The molecule has 1 aromatic rings. The normalized spacial score (nSPS) is 17.8. The minimum Gasteiger partial charge on any atom is -0.310 e. The SMILES string of the molecule is CNC(C)(C)c1csc(C2CC2)n1. The minimum atomic E-state index is 0.0175. The predicted molar refractivity (Wildman–Crippen MR) is 56.2 cm³/mol. The molecule has 72 valence electrons. The van der Waals surface area contributed by atoms with Crippen LogP contribution in [0.1, 0.15) is 43.3 Å². The molecule has 2 nitrogen and oxygen atoms in total. The molecule has 0 unspecified atom stereocenters. The molecule has 3 heteroatoms. The average Bonchev–Trinajstić information content (AvgIpc) is 2.83. The van der Waals surface area contributed by atoms with Gasteiger partial charge in [0.1, 0.15) is 0 Å². The highest BCUT2D eigenvalue weighted by Crippen LogP contribution is 2.42. The van der Waals surface area contributed by atoms with Crippen LogP contribution in [0.4, 0.5) is 0 Å². The van der Waals surface area contributed by atoms with E-state index in [2.05, 4.69) is 29.5 Å². The van der Waals surface area contributed by atoms with E-state index in [1.807, 2.05) is 18.4 Å². The molecule has 0 atom stereocenters. The molecule has 0 aromatic carbocycles. The van der Waals surface area contributed by atoms with Gasteiger partial charge in [0, 0.05) is 11.3 Å². The lowest BCUT2D eigenvalue weighted by molar-refractivity contribution is 0.433. The summed E-state index contributed by atoms with van der Waals surface area (Å²) in [6.07, 6.45) is 2.68. The van der Waals surface area contributed by atoms with Crippen molar-refractivity contribution in [3.05, 3.63) is 16.1 Å². The van der Waals surface area contributed by atoms with Crippen LogP contribution in [-0.2, 0) is 5.54 Å². The van der Waals surface area contributed by atoms with Crippen LogP contribution in [0.15, 0.2) is 5.38 Å². The Balaban J connectivity index is 2.20. The van der Waals surface area contributed by atoms with Gasteiger partial charge >= 0.3 is 0 Å². The third kappa shape index (κ3) is 1.76. The van der Waals surface area contributed by atoms with Gasteiger partial charge in [-0.25, -0.2) is 4.98 Å². The lowest BCUT2D eigenvalue weighted by Gasteiger charge is -2.21. The largest absolute Gasteiger partial charge is 0.310 e. The quantitative estimate of drug-likeness (QED) is 0.803. The molecule has 1 aliphatic rings. The fraction of sp³-hybridized carbons (Fsp3) is 0.700. The van der Waals surface area contributed by atoms with Crippen molar-refractivity contribution in [1.29, 1.82) is 0 Å². The van der Waals surface area contributed by atoms with Crippen LogP contribution in [0.3, 0.4) is 0 Å². The van der Waals surface area contributed by atoms with Crippen molar-refractivity contribution in [3.8, 4) is 0 Å². The van der Waals surface area contributed by atoms with Crippen LogP contribution in [-0.4, -0.2) is 12.0 Å². The van der Waals surface area contributed by atoms with Gasteiger partial charge in [0.2, 0.25) is 0 Å². The third-order valence-electron chi connectivity index (χ3n) is 2.71. The van der Waals surface area contributed by atoms with E-state index < -0.39 is 0 Å². The van der Waals surface area contributed by atoms with Crippen LogP contribution in [0.25, 0.3) is 0 Å². The number of aromatic nitrogens is 1. The Morgan fingerprint density at radius 3 is 2.77 bits per heavy atom. The second-order valence-electron chi connectivity index (χ2n) is 4.22. The Kier molecular flexibility index (Phi) is 2.16. The van der Waals surface area contributed by atoms with E-state index in [9.17, 15) is 0 Å². The highest BCUT2D eigenvalue weighted by Gasteiger charge is 2.29. The summed E-state index contributed by atoms with van der Waals surface area (Å²) in [5, 5.41) is 6.79. The second-order valence-corrected chi connectivity index (χ2v) is 5.11. The molecule has 1 heterocycles. The molecule has 0 bridgehead atoms. The molecule has 1 fully saturated rings. The van der Waals surface area contributed by atoms with Crippen LogP contribution in [0.5, 0.6) is 0 Å². The van der Waals surface area contributed by atoms with Crippen molar-refractivity contribution in [2.24, 2.45) is 0 Å². The number of thiazole rings is 1. The van der Waals surface area contributed by atoms with Gasteiger partial charge in [-0.15, -0.1) is 11.3 Å². The first kappa shape index (κ1) is 9.16. The summed E-state index contributed by atoms with van der Waals surface area (Å²) in [5.41, 5.74) is 1.20. The van der Waals surface area contributed by atoms with Crippen molar-refractivity contribution in [3.63, 3.8) is 0 Å². The average molecular weight is 196 g/mol. The smallest absolute Gasteiger partial charge is 0.0960 e. The first-order chi connectivity index (χ1) is 6.13. The van der Waals surface area contributed by atoms with E-state index in [1.54, 1.807) is 0 Å². The summed E-state index contributed by atoms with van der Waals surface area (Å²) in [4.78, 5) is 4.67. The number of nitrogens with one attached hydrogen (secondary N) is 1. The number of nitrogens with zero attached hydrogens (tertiary/aromatic N) is 1. The molecular formula is C10H16N2S. The zero-order valence-electron chi connectivity index (χ0n) is 8.42. The van der Waals surface area contributed by atoms with Gasteiger partial charge in [0.25, 0.3) is 0 Å². The Labute approximate surface area is 83.4 Å². The van der Waals surface area contributed by atoms with Gasteiger partial charge in [0.15, 0.2) is 0 Å². The maximum atomic E-state index is 4.67. The van der Waals surface area contributed by atoms with Crippen molar-refractivity contribution in [2.75, 3.05) is 7.05 Å². The standard InChI is InChI=1S/C10H16N2S/c1-10(2,11-3)8-6-13-9(12-8)7-4-5-7/h6-7,11H,4-5H2,1-3H3. The lowest BCUT2D eigenvalue weighted by Crippen LogP contribution is -2.33. The monoisotopic (exact) mass is 196 g/mol. The van der Waals surface area contributed by atoms with Crippen LogP contribution in [0.2, 0.25) is 0 Å². The van der Waals surface area contributed by atoms with Crippen LogP contribution in [0, 0.1) is 0 Å². The van der Waals surface area contributed by atoms with Gasteiger partial charge in [-0.3, -0.25) is 0 Å². The van der Waals surface area contributed by atoms with Crippen molar-refractivity contribution >= 4 is 11.3 Å². The zero-order valence-corrected chi connectivity index (χ0v) is 9.24. The molecule has 1 aromatic heterocycles. The third-order valence-corrected chi connectivity index (χ3v) is 3.72. The number of hydrogen-bond acceptors (Lipinski definition) is 3. The molecule has 13 heavy (non-hydrogen) atoms. The first-order valence-corrected chi connectivity index (χ1v) is 5.66. The fourth-order valence-corrected chi connectivity index (χ4v) is 2.38. The molecule has 2 rings (SSSR count). The summed E-state index contributed by atoms with van der Waals surface area (Å²) < 4.78 is 0. The van der Waals surface area contributed by atoms with E-state index in [-0.39, 0.29) is 5.54 Å². The summed E-state index contributed by atoms with van der Waals surface area (Å²) in [6, 6.07) is 0. The summed E-state index contributed by atoms with van der Waals surface area (Å²) in [7, 11) is 1.98. The van der Waals surface area contributed by atoms with E-state index >= 15 is 0 Å².